The average molecular weight is 549 g/mol. The Kier molecular flexibility index (Phi) is 8.37. The molecule has 38 heavy (non-hydrogen) atoms. The van der Waals surface area contributed by atoms with Crippen LogP contribution in [0.4, 0.5) is 13.2 Å². The lowest BCUT2D eigenvalue weighted by Gasteiger charge is -2.34. The third-order valence-corrected chi connectivity index (χ3v) is 7.47. The molecule has 3 heterocycles. The number of aliphatic hydroxyl groups excluding tert-OH is 1. The van der Waals surface area contributed by atoms with Crippen molar-refractivity contribution in [3.8, 4) is 11.8 Å². The van der Waals surface area contributed by atoms with Gasteiger partial charge < -0.3 is 26.0 Å². The third-order valence-electron chi connectivity index (χ3n) is 6.23. The van der Waals surface area contributed by atoms with E-state index in [0.29, 0.717) is 31.0 Å². The van der Waals surface area contributed by atoms with E-state index in [1.54, 1.807) is 20.0 Å². The number of hydrogen-bond acceptors (Lipinski definition) is 8. The van der Waals surface area contributed by atoms with Crippen LogP contribution in [-0.4, -0.2) is 57.7 Å². The summed E-state index contributed by atoms with van der Waals surface area (Å²) in [5, 5.41) is 23.3. The molecule has 1 saturated heterocycles. The molecule has 1 aromatic carbocycles. The van der Waals surface area contributed by atoms with Crippen molar-refractivity contribution in [2.75, 3.05) is 19.6 Å². The Bertz CT molecular complexity index is 1260. The van der Waals surface area contributed by atoms with Gasteiger partial charge in [-0.25, -0.2) is 4.98 Å². The largest absolute Gasteiger partial charge is 0.485 e. The number of ether oxygens (including phenoxy) is 1. The first-order chi connectivity index (χ1) is 17.9. The smallest absolute Gasteiger partial charge is 0.428 e. The SMILES string of the molecule is CC(C)(O)C#Cc1cccc(COC2=C(N)NCC(c3cnc(C4CCN(C(O)C(F)(F)F)CC4)s3)=C2)c1. The van der Waals surface area contributed by atoms with Gasteiger partial charge in [0.25, 0.3) is 0 Å². The van der Waals surface area contributed by atoms with Crippen LogP contribution in [0.3, 0.4) is 0 Å². The summed E-state index contributed by atoms with van der Waals surface area (Å²) in [5.41, 5.74) is 7.67. The lowest BCUT2D eigenvalue weighted by molar-refractivity contribution is -0.252. The van der Waals surface area contributed by atoms with Crippen LogP contribution in [0.2, 0.25) is 0 Å². The zero-order valence-corrected chi connectivity index (χ0v) is 22.0. The summed E-state index contributed by atoms with van der Waals surface area (Å²) >= 11 is 1.51. The highest BCUT2D eigenvalue weighted by atomic mass is 32.1. The van der Waals surface area contributed by atoms with Crippen molar-refractivity contribution in [1.29, 1.82) is 0 Å². The Balaban J connectivity index is 1.39. The molecule has 0 radical (unpaired) electrons. The maximum Gasteiger partial charge on any atom is 0.428 e. The summed E-state index contributed by atoms with van der Waals surface area (Å²) in [4.78, 5) is 6.54. The summed E-state index contributed by atoms with van der Waals surface area (Å²) in [7, 11) is 0. The van der Waals surface area contributed by atoms with Crippen molar-refractivity contribution in [2.24, 2.45) is 5.73 Å². The number of allylic oxidation sites excluding steroid dienone is 1. The van der Waals surface area contributed by atoms with Crippen molar-refractivity contribution in [1.82, 2.24) is 15.2 Å². The number of thiazole rings is 1. The molecule has 2 aromatic rings. The molecule has 1 atom stereocenters. The standard InChI is InChI=1S/C27H31F3N4O3S/c1-26(2,36)9-6-17-4-3-5-18(12-17)16-37-21-13-20(14-32-23(21)31)22-15-33-24(38-22)19-7-10-34(11-8-19)25(35)27(28,29)30/h3-5,12-13,15,19,25,32,35-36H,7-8,10-11,14,16,31H2,1-2H3. The molecular formula is C27H31F3N4O3S. The van der Waals surface area contributed by atoms with Gasteiger partial charge in [0, 0.05) is 37.3 Å². The number of nitrogens with zero attached hydrogens (tertiary/aromatic N) is 2. The highest BCUT2D eigenvalue weighted by molar-refractivity contribution is 7.12. The molecule has 0 amide bonds. The highest BCUT2D eigenvalue weighted by Crippen LogP contribution is 2.36. The molecule has 1 unspecified atom stereocenters. The van der Waals surface area contributed by atoms with Crippen LogP contribution < -0.4 is 11.1 Å². The lowest BCUT2D eigenvalue weighted by Crippen LogP contribution is -2.48. The van der Waals surface area contributed by atoms with Crippen LogP contribution in [0, 0.1) is 11.8 Å². The predicted octanol–water partition coefficient (Wildman–Crippen LogP) is 3.66. The van der Waals surface area contributed by atoms with Gasteiger partial charge >= 0.3 is 6.18 Å². The number of piperidine rings is 1. The first-order valence-corrected chi connectivity index (χ1v) is 13.1. The number of nitrogens with one attached hydrogen (secondary N) is 1. The van der Waals surface area contributed by atoms with Gasteiger partial charge in [-0.2, -0.15) is 13.2 Å². The molecule has 0 spiro atoms. The summed E-state index contributed by atoms with van der Waals surface area (Å²) < 4.78 is 44.4. The number of likely N-dealkylation sites (tertiary alicyclic amines) is 1. The second-order valence-corrected chi connectivity index (χ2v) is 10.9. The monoisotopic (exact) mass is 548 g/mol. The molecule has 7 nitrogen and oxygen atoms in total. The molecule has 2 aliphatic heterocycles. The predicted molar refractivity (Wildman–Crippen MR) is 139 cm³/mol. The number of benzene rings is 1. The Labute approximate surface area is 223 Å². The van der Waals surface area contributed by atoms with Gasteiger partial charge in [0.2, 0.25) is 6.23 Å². The second-order valence-electron chi connectivity index (χ2n) is 9.89. The summed E-state index contributed by atoms with van der Waals surface area (Å²) in [6, 6.07) is 7.55. The van der Waals surface area contributed by atoms with Gasteiger partial charge in [-0.3, -0.25) is 4.90 Å². The van der Waals surface area contributed by atoms with Crippen LogP contribution in [0.15, 0.2) is 48.1 Å². The summed E-state index contributed by atoms with van der Waals surface area (Å²) in [6.45, 7) is 4.34. The van der Waals surface area contributed by atoms with Crippen LogP contribution in [0.1, 0.15) is 53.6 Å². The Hall–Kier alpha value is -3.04. The number of alkyl halides is 3. The third kappa shape index (κ3) is 7.29. The lowest BCUT2D eigenvalue weighted by atomic mass is 9.97. The first kappa shape index (κ1) is 28.0. The summed E-state index contributed by atoms with van der Waals surface area (Å²) in [5.74, 6) is 6.72. The van der Waals surface area contributed by atoms with E-state index in [1.807, 2.05) is 30.3 Å². The van der Waals surface area contributed by atoms with Gasteiger partial charge in [0.1, 0.15) is 18.0 Å². The second kappa shape index (κ2) is 11.4. The average Bonchev–Trinajstić information content (AvgIpc) is 3.36. The zero-order valence-electron chi connectivity index (χ0n) is 21.2. The van der Waals surface area contributed by atoms with Crippen LogP contribution in [0.25, 0.3) is 5.57 Å². The van der Waals surface area contributed by atoms with Crippen LogP contribution in [-0.2, 0) is 11.3 Å². The van der Waals surface area contributed by atoms with Gasteiger partial charge in [0.15, 0.2) is 5.76 Å². The molecule has 204 valence electrons. The minimum atomic E-state index is -4.65. The molecular weight excluding hydrogens is 517 g/mol. The molecule has 0 saturated carbocycles. The number of hydrogen-bond donors (Lipinski definition) is 4. The first-order valence-electron chi connectivity index (χ1n) is 12.3. The quantitative estimate of drug-likeness (QED) is 0.409. The normalized spacial score (nSPS) is 18.3. The maximum absolute atomic E-state index is 12.8. The van der Waals surface area contributed by atoms with Crippen LogP contribution in [0.5, 0.6) is 0 Å². The molecule has 11 heteroatoms. The topological polar surface area (TPSA) is 104 Å². The fraction of sp³-hybridized carbons (Fsp3) is 0.444. The maximum atomic E-state index is 12.8. The van der Waals surface area contributed by atoms with Crippen molar-refractivity contribution >= 4 is 16.9 Å². The van der Waals surface area contributed by atoms with Crippen molar-refractivity contribution in [3.63, 3.8) is 0 Å². The van der Waals surface area contributed by atoms with Crippen molar-refractivity contribution in [3.05, 3.63) is 69.1 Å². The minimum absolute atomic E-state index is 0.0469. The molecule has 0 aliphatic carbocycles. The molecule has 0 bridgehead atoms. The van der Waals surface area contributed by atoms with Gasteiger partial charge in [-0.1, -0.05) is 24.0 Å². The van der Waals surface area contributed by atoms with Crippen molar-refractivity contribution < 1.29 is 28.1 Å². The number of dihydropyridines is 1. The van der Waals surface area contributed by atoms with E-state index >= 15 is 0 Å². The van der Waals surface area contributed by atoms with E-state index in [-0.39, 0.29) is 25.6 Å². The number of rotatable bonds is 6. The molecule has 1 fully saturated rings. The Morgan fingerprint density at radius 3 is 2.71 bits per heavy atom. The van der Waals surface area contributed by atoms with E-state index in [0.717, 1.165) is 31.5 Å². The minimum Gasteiger partial charge on any atom is -0.485 e. The van der Waals surface area contributed by atoms with E-state index in [1.165, 1.54) is 11.3 Å². The number of halogens is 3. The fourth-order valence-corrected chi connectivity index (χ4v) is 5.29. The molecule has 1 aromatic heterocycles. The highest BCUT2D eigenvalue weighted by Gasteiger charge is 2.43. The summed E-state index contributed by atoms with van der Waals surface area (Å²) in [6.07, 6.45) is -2.43. The van der Waals surface area contributed by atoms with E-state index < -0.39 is 18.0 Å². The molecule has 2 aliphatic rings. The van der Waals surface area contributed by atoms with Gasteiger partial charge in [0.05, 0.1) is 9.88 Å². The van der Waals surface area contributed by atoms with Crippen LogP contribution >= 0.6 is 11.3 Å². The Morgan fingerprint density at radius 2 is 2.03 bits per heavy atom. The number of aliphatic hydroxyl groups is 2. The van der Waals surface area contributed by atoms with Gasteiger partial charge in [-0.15, -0.1) is 11.3 Å². The number of nitrogens with two attached hydrogens (primary N) is 1. The van der Waals surface area contributed by atoms with Crippen molar-refractivity contribution in [2.45, 2.75) is 57.2 Å². The fourth-order valence-electron chi connectivity index (χ4n) is 4.19. The Morgan fingerprint density at radius 1 is 1.29 bits per heavy atom. The van der Waals surface area contributed by atoms with Gasteiger partial charge in [-0.05, 0) is 56.0 Å². The molecule has 5 N–H and O–H groups in total. The zero-order chi connectivity index (χ0) is 27.5. The molecule has 4 rings (SSSR count). The van der Waals surface area contributed by atoms with E-state index in [2.05, 4.69) is 22.1 Å². The van der Waals surface area contributed by atoms with E-state index in [4.69, 9.17) is 10.5 Å². The number of aromatic nitrogens is 1. The van der Waals surface area contributed by atoms with E-state index in [9.17, 15) is 23.4 Å².